The summed E-state index contributed by atoms with van der Waals surface area (Å²) in [6, 6.07) is 4.42. The van der Waals surface area contributed by atoms with Crippen LogP contribution in [-0.2, 0) is 12.8 Å². The van der Waals surface area contributed by atoms with Crippen molar-refractivity contribution in [2.45, 2.75) is 45.1 Å². The lowest BCUT2D eigenvalue weighted by Gasteiger charge is -2.24. The van der Waals surface area contributed by atoms with Gasteiger partial charge in [0.15, 0.2) is 0 Å². The Labute approximate surface area is 123 Å². The summed E-state index contributed by atoms with van der Waals surface area (Å²) in [6.07, 6.45) is 5.48. The van der Waals surface area contributed by atoms with Crippen molar-refractivity contribution in [3.63, 3.8) is 0 Å². The Bertz CT molecular complexity index is 593. The average molecular weight is 288 g/mol. The Morgan fingerprint density at radius 2 is 2.35 bits per heavy atom. The number of aryl methyl sites for hydroxylation is 2. The minimum Gasteiger partial charge on any atom is -0.384 e. The van der Waals surface area contributed by atoms with Gasteiger partial charge in [0.05, 0.1) is 6.04 Å². The molecule has 0 spiro atoms. The van der Waals surface area contributed by atoms with Crippen molar-refractivity contribution in [1.82, 2.24) is 9.97 Å². The van der Waals surface area contributed by atoms with Crippen molar-refractivity contribution < 1.29 is 0 Å². The van der Waals surface area contributed by atoms with Gasteiger partial charge in [0, 0.05) is 17.4 Å². The van der Waals surface area contributed by atoms with E-state index in [1.807, 2.05) is 17.4 Å². The van der Waals surface area contributed by atoms with Crippen LogP contribution in [-0.4, -0.2) is 9.97 Å². The summed E-state index contributed by atoms with van der Waals surface area (Å²) in [6.45, 7) is 2.12. The zero-order chi connectivity index (χ0) is 13.9. The van der Waals surface area contributed by atoms with Crippen LogP contribution in [0.2, 0.25) is 0 Å². The van der Waals surface area contributed by atoms with Crippen molar-refractivity contribution in [3.8, 4) is 0 Å². The summed E-state index contributed by atoms with van der Waals surface area (Å²) in [5.74, 6) is 2.23. The lowest BCUT2D eigenvalue weighted by Crippen LogP contribution is -2.17. The van der Waals surface area contributed by atoms with Gasteiger partial charge in [-0.3, -0.25) is 0 Å². The van der Waals surface area contributed by atoms with Crippen LogP contribution in [0.25, 0.3) is 0 Å². The maximum Gasteiger partial charge on any atom is 0.133 e. The molecule has 0 saturated carbocycles. The SMILES string of the molecule is CCCc1nc(N)cc(NC2CCCc3sccc32)n1. The van der Waals surface area contributed by atoms with E-state index in [0.717, 1.165) is 30.9 Å². The maximum absolute atomic E-state index is 5.88. The highest BCUT2D eigenvalue weighted by atomic mass is 32.1. The number of nitrogens with zero attached hydrogens (tertiary/aromatic N) is 2. The van der Waals surface area contributed by atoms with E-state index in [1.54, 1.807) is 0 Å². The molecule has 0 radical (unpaired) electrons. The summed E-state index contributed by atoms with van der Waals surface area (Å²) in [7, 11) is 0. The van der Waals surface area contributed by atoms with Crippen LogP contribution in [0.1, 0.15) is 48.5 Å². The Hall–Kier alpha value is -1.62. The van der Waals surface area contributed by atoms with E-state index in [2.05, 4.69) is 33.7 Å². The maximum atomic E-state index is 5.88. The van der Waals surface area contributed by atoms with Gasteiger partial charge in [-0.1, -0.05) is 6.92 Å². The first-order valence-corrected chi connectivity index (χ1v) is 8.10. The van der Waals surface area contributed by atoms with Crippen LogP contribution in [0.15, 0.2) is 17.5 Å². The summed E-state index contributed by atoms with van der Waals surface area (Å²) in [4.78, 5) is 10.4. The molecule has 3 N–H and O–H groups in total. The van der Waals surface area contributed by atoms with Gasteiger partial charge in [-0.05, 0) is 42.7 Å². The van der Waals surface area contributed by atoms with Crippen molar-refractivity contribution >= 4 is 23.0 Å². The third kappa shape index (κ3) is 2.77. The van der Waals surface area contributed by atoms with Gasteiger partial charge in [-0.15, -0.1) is 11.3 Å². The Balaban J connectivity index is 1.82. The molecule has 2 heterocycles. The zero-order valence-corrected chi connectivity index (χ0v) is 12.5. The summed E-state index contributed by atoms with van der Waals surface area (Å²) in [5, 5.41) is 5.72. The third-order valence-electron chi connectivity index (χ3n) is 3.64. The molecule has 2 aromatic heterocycles. The van der Waals surface area contributed by atoms with Gasteiger partial charge in [0.1, 0.15) is 17.5 Å². The number of fused-ring (bicyclic) bond motifs is 1. The number of nitrogens with one attached hydrogen (secondary N) is 1. The number of nitrogens with two attached hydrogens (primary N) is 1. The molecule has 1 atom stereocenters. The van der Waals surface area contributed by atoms with Gasteiger partial charge in [0.25, 0.3) is 0 Å². The standard InChI is InChI=1S/C15H20N4S/c1-2-4-14-18-13(16)9-15(19-14)17-11-5-3-6-12-10(11)7-8-20-12/h7-9,11H,2-6H2,1H3,(H3,16,17,18,19). The van der Waals surface area contributed by atoms with E-state index < -0.39 is 0 Å². The van der Waals surface area contributed by atoms with Crippen LogP contribution < -0.4 is 11.1 Å². The molecule has 5 heteroatoms. The second-order valence-corrected chi connectivity index (χ2v) is 6.23. The molecule has 0 fully saturated rings. The van der Waals surface area contributed by atoms with E-state index in [9.17, 15) is 0 Å². The van der Waals surface area contributed by atoms with Gasteiger partial charge < -0.3 is 11.1 Å². The molecule has 0 bridgehead atoms. The van der Waals surface area contributed by atoms with Crippen molar-refractivity contribution in [2.75, 3.05) is 11.1 Å². The minimum absolute atomic E-state index is 0.355. The third-order valence-corrected chi connectivity index (χ3v) is 4.64. The fourth-order valence-corrected chi connectivity index (χ4v) is 3.73. The molecule has 0 aromatic carbocycles. The molecule has 0 saturated heterocycles. The van der Waals surface area contributed by atoms with E-state index in [0.29, 0.717) is 11.9 Å². The predicted octanol–water partition coefficient (Wildman–Crippen LogP) is 3.56. The molecule has 1 aliphatic rings. The molecule has 20 heavy (non-hydrogen) atoms. The Morgan fingerprint density at radius 1 is 1.45 bits per heavy atom. The van der Waals surface area contributed by atoms with Gasteiger partial charge in [0.2, 0.25) is 0 Å². The van der Waals surface area contributed by atoms with E-state index in [4.69, 9.17) is 5.73 Å². The minimum atomic E-state index is 0.355. The molecule has 0 aliphatic heterocycles. The van der Waals surface area contributed by atoms with Crippen LogP contribution in [0.3, 0.4) is 0 Å². The summed E-state index contributed by atoms with van der Waals surface area (Å²) in [5.41, 5.74) is 7.31. The monoisotopic (exact) mass is 288 g/mol. The van der Waals surface area contributed by atoms with E-state index in [-0.39, 0.29) is 0 Å². The molecule has 0 amide bonds. The summed E-state index contributed by atoms with van der Waals surface area (Å²) >= 11 is 1.86. The first kappa shape index (κ1) is 13.4. The smallest absolute Gasteiger partial charge is 0.133 e. The molecular formula is C15H20N4S. The Morgan fingerprint density at radius 3 is 3.20 bits per heavy atom. The average Bonchev–Trinajstić information content (AvgIpc) is 2.88. The quantitative estimate of drug-likeness (QED) is 0.903. The molecule has 3 rings (SSSR count). The molecule has 4 nitrogen and oxygen atoms in total. The number of hydrogen-bond donors (Lipinski definition) is 2. The van der Waals surface area contributed by atoms with Crippen LogP contribution >= 0.6 is 11.3 Å². The number of nitrogen functional groups attached to an aromatic ring is 1. The molecule has 1 aliphatic carbocycles. The first-order valence-electron chi connectivity index (χ1n) is 7.22. The molecule has 1 unspecified atom stereocenters. The number of thiophene rings is 1. The zero-order valence-electron chi connectivity index (χ0n) is 11.7. The predicted molar refractivity (Wildman–Crippen MR) is 84.1 cm³/mol. The number of aromatic nitrogens is 2. The number of hydrogen-bond acceptors (Lipinski definition) is 5. The highest BCUT2D eigenvalue weighted by molar-refractivity contribution is 7.10. The van der Waals surface area contributed by atoms with Crippen LogP contribution in [0.5, 0.6) is 0 Å². The van der Waals surface area contributed by atoms with Crippen LogP contribution in [0.4, 0.5) is 11.6 Å². The van der Waals surface area contributed by atoms with Gasteiger partial charge >= 0.3 is 0 Å². The van der Waals surface area contributed by atoms with E-state index in [1.165, 1.54) is 23.3 Å². The highest BCUT2D eigenvalue weighted by Crippen LogP contribution is 2.35. The highest BCUT2D eigenvalue weighted by Gasteiger charge is 2.21. The topological polar surface area (TPSA) is 63.8 Å². The fraction of sp³-hybridized carbons (Fsp3) is 0.467. The van der Waals surface area contributed by atoms with Crippen molar-refractivity contribution in [3.05, 3.63) is 33.8 Å². The number of rotatable bonds is 4. The first-order chi connectivity index (χ1) is 9.76. The molecule has 106 valence electrons. The second-order valence-electron chi connectivity index (χ2n) is 5.23. The lowest BCUT2D eigenvalue weighted by molar-refractivity contribution is 0.606. The Kier molecular flexibility index (Phi) is 3.87. The van der Waals surface area contributed by atoms with E-state index >= 15 is 0 Å². The molecular weight excluding hydrogens is 268 g/mol. The largest absolute Gasteiger partial charge is 0.384 e. The molecule has 2 aromatic rings. The van der Waals surface area contributed by atoms with Gasteiger partial charge in [-0.25, -0.2) is 9.97 Å². The lowest BCUT2D eigenvalue weighted by atomic mass is 9.94. The van der Waals surface area contributed by atoms with Gasteiger partial charge in [-0.2, -0.15) is 0 Å². The normalized spacial score (nSPS) is 17.8. The van der Waals surface area contributed by atoms with Crippen LogP contribution in [0, 0.1) is 0 Å². The summed E-state index contributed by atoms with van der Waals surface area (Å²) < 4.78 is 0. The van der Waals surface area contributed by atoms with Crippen molar-refractivity contribution in [2.24, 2.45) is 0 Å². The van der Waals surface area contributed by atoms with Crippen molar-refractivity contribution in [1.29, 1.82) is 0 Å². The fourth-order valence-electron chi connectivity index (χ4n) is 2.74. The number of anilines is 2. The second kappa shape index (κ2) is 5.79.